The molecule has 0 saturated heterocycles. The van der Waals surface area contributed by atoms with Crippen LogP contribution >= 0.6 is 0 Å². The second-order valence-corrected chi connectivity index (χ2v) is 5.53. The number of hydrogen-bond acceptors (Lipinski definition) is 6. The van der Waals surface area contributed by atoms with Gasteiger partial charge in [-0.2, -0.15) is 5.10 Å². The van der Waals surface area contributed by atoms with Gasteiger partial charge in [0.15, 0.2) is 12.3 Å². The van der Waals surface area contributed by atoms with Gasteiger partial charge in [-0.05, 0) is 18.2 Å². The third kappa shape index (κ3) is 4.69. The van der Waals surface area contributed by atoms with Gasteiger partial charge in [-0.1, -0.05) is 36.4 Å². The Morgan fingerprint density at radius 3 is 2.48 bits per heavy atom. The SMILES string of the molecule is O=C(COC(=O)c1n[nH]c(=O)c2ccccc12)NCCOc1ccccc1. The van der Waals surface area contributed by atoms with Crippen LogP contribution in [-0.4, -0.2) is 41.8 Å². The van der Waals surface area contributed by atoms with Crippen molar-refractivity contribution in [1.29, 1.82) is 0 Å². The summed E-state index contributed by atoms with van der Waals surface area (Å²) in [7, 11) is 0. The minimum atomic E-state index is -0.793. The first-order valence-electron chi connectivity index (χ1n) is 8.24. The lowest BCUT2D eigenvalue weighted by Gasteiger charge is -2.08. The van der Waals surface area contributed by atoms with Crippen LogP contribution in [0.1, 0.15) is 10.5 Å². The number of para-hydroxylation sites is 1. The van der Waals surface area contributed by atoms with Gasteiger partial charge in [-0.15, -0.1) is 0 Å². The van der Waals surface area contributed by atoms with Crippen molar-refractivity contribution in [3.8, 4) is 5.75 Å². The maximum absolute atomic E-state index is 12.2. The van der Waals surface area contributed by atoms with Crippen molar-refractivity contribution in [3.63, 3.8) is 0 Å². The van der Waals surface area contributed by atoms with Gasteiger partial charge in [0.2, 0.25) is 0 Å². The first-order valence-corrected chi connectivity index (χ1v) is 8.24. The second-order valence-electron chi connectivity index (χ2n) is 5.53. The molecule has 0 unspecified atom stereocenters. The summed E-state index contributed by atoms with van der Waals surface area (Å²) in [5.74, 6) is -0.555. The van der Waals surface area contributed by atoms with E-state index in [1.807, 2.05) is 30.3 Å². The number of hydrogen-bond donors (Lipinski definition) is 2. The van der Waals surface area contributed by atoms with Crippen molar-refractivity contribution in [2.45, 2.75) is 0 Å². The first kappa shape index (κ1) is 18.1. The average Bonchev–Trinajstić information content (AvgIpc) is 2.71. The zero-order chi connectivity index (χ0) is 19.1. The molecule has 0 aliphatic rings. The molecule has 0 radical (unpaired) electrons. The fraction of sp³-hybridized carbons (Fsp3) is 0.158. The molecule has 8 nitrogen and oxygen atoms in total. The zero-order valence-corrected chi connectivity index (χ0v) is 14.3. The number of rotatable bonds is 7. The van der Waals surface area contributed by atoms with Gasteiger partial charge in [-0.25, -0.2) is 9.89 Å². The van der Waals surface area contributed by atoms with Gasteiger partial charge in [0.25, 0.3) is 11.5 Å². The highest BCUT2D eigenvalue weighted by atomic mass is 16.5. The largest absolute Gasteiger partial charge is 0.492 e. The molecule has 0 atom stereocenters. The molecule has 0 spiro atoms. The lowest BCUT2D eigenvalue weighted by molar-refractivity contribution is -0.124. The second kappa shape index (κ2) is 8.61. The lowest BCUT2D eigenvalue weighted by atomic mass is 10.1. The van der Waals surface area contributed by atoms with Crippen molar-refractivity contribution >= 4 is 22.6 Å². The molecular formula is C19H17N3O5. The van der Waals surface area contributed by atoms with Crippen LogP contribution in [0.4, 0.5) is 0 Å². The minimum absolute atomic E-state index is 0.0505. The van der Waals surface area contributed by atoms with Gasteiger partial charge in [0.05, 0.1) is 11.9 Å². The normalized spacial score (nSPS) is 10.4. The van der Waals surface area contributed by atoms with Gasteiger partial charge in [0, 0.05) is 5.39 Å². The molecule has 1 heterocycles. The summed E-state index contributed by atoms with van der Waals surface area (Å²) in [6.07, 6.45) is 0. The van der Waals surface area contributed by atoms with E-state index in [0.717, 1.165) is 0 Å². The van der Waals surface area contributed by atoms with E-state index in [0.29, 0.717) is 16.5 Å². The van der Waals surface area contributed by atoms with Crippen LogP contribution in [0.3, 0.4) is 0 Å². The maximum Gasteiger partial charge on any atom is 0.359 e. The molecule has 0 bridgehead atoms. The van der Waals surface area contributed by atoms with E-state index in [-0.39, 0.29) is 18.8 Å². The predicted molar refractivity (Wildman–Crippen MR) is 97.6 cm³/mol. The Balaban J connectivity index is 1.48. The van der Waals surface area contributed by atoms with E-state index in [1.165, 1.54) is 0 Å². The molecule has 3 rings (SSSR count). The van der Waals surface area contributed by atoms with Crippen LogP contribution < -0.4 is 15.6 Å². The summed E-state index contributed by atoms with van der Waals surface area (Å²) in [6.45, 7) is 0.0975. The minimum Gasteiger partial charge on any atom is -0.492 e. The Hall–Kier alpha value is -3.68. The molecule has 0 aliphatic heterocycles. The highest BCUT2D eigenvalue weighted by Gasteiger charge is 2.16. The number of nitrogens with zero attached hydrogens (tertiary/aromatic N) is 1. The Morgan fingerprint density at radius 2 is 1.70 bits per heavy atom. The Bertz CT molecular complexity index is 1000. The molecule has 2 N–H and O–H groups in total. The number of esters is 1. The number of carbonyl (C=O) groups is 2. The third-order valence-corrected chi connectivity index (χ3v) is 3.66. The number of carbonyl (C=O) groups excluding carboxylic acids is 2. The summed E-state index contributed by atoms with van der Waals surface area (Å²) in [4.78, 5) is 35.7. The summed E-state index contributed by atoms with van der Waals surface area (Å²) in [5, 5.41) is 9.25. The summed E-state index contributed by atoms with van der Waals surface area (Å²) in [6, 6.07) is 15.7. The molecule has 0 aliphatic carbocycles. The molecule has 0 saturated carbocycles. The molecule has 27 heavy (non-hydrogen) atoms. The van der Waals surface area contributed by atoms with Crippen molar-refractivity contribution in [1.82, 2.24) is 15.5 Å². The van der Waals surface area contributed by atoms with E-state index < -0.39 is 24.0 Å². The van der Waals surface area contributed by atoms with Crippen LogP contribution in [0.25, 0.3) is 10.8 Å². The summed E-state index contributed by atoms with van der Waals surface area (Å²) >= 11 is 0. The lowest BCUT2D eigenvalue weighted by Crippen LogP contribution is -2.32. The predicted octanol–water partition coefficient (Wildman–Crippen LogP) is 1.28. The summed E-state index contributed by atoms with van der Waals surface area (Å²) < 4.78 is 10.4. The Labute approximate surface area is 154 Å². The number of benzene rings is 2. The number of H-pyrrole nitrogens is 1. The van der Waals surface area contributed by atoms with E-state index in [1.54, 1.807) is 24.3 Å². The number of fused-ring (bicyclic) bond motifs is 1. The van der Waals surface area contributed by atoms with Crippen LogP contribution in [0.2, 0.25) is 0 Å². The average molecular weight is 367 g/mol. The van der Waals surface area contributed by atoms with E-state index in [9.17, 15) is 14.4 Å². The van der Waals surface area contributed by atoms with E-state index >= 15 is 0 Å². The molecule has 2 aromatic carbocycles. The van der Waals surface area contributed by atoms with Crippen molar-refractivity contribution in [3.05, 3.63) is 70.6 Å². The van der Waals surface area contributed by atoms with Gasteiger partial charge in [-0.3, -0.25) is 9.59 Å². The standard InChI is InChI=1S/C19H17N3O5/c23-16(20-10-11-26-13-6-2-1-3-7-13)12-27-19(25)17-14-8-4-5-9-15(14)18(24)22-21-17/h1-9H,10-12H2,(H,20,23)(H,22,24). The van der Waals surface area contributed by atoms with Gasteiger partial charge >= 0.3 is 5.97 Å². The quantitative estimate of drug-likeness (QED) is 0.481. The van der Waals surface area contributed by atoms with Crippen LogP contribution in [0, 0.1) is 0 Å². The highest BCUT2D eigenvalue weighted by Crippen LogP contribution is 2.13. The van der Waals surface area contributed by atoms with Crippen LogP contribution in [0.5, 0.6) is 5.75 Å². The smallest absolute Gasteiger partial charge is 0.359 e. The van der Waals surface area contributed by atoms with Gasteiger partial charge in [0.1, 0.15) is 12.4 Å². The van der Waals surface area contributed by atoms with Crippen molar-refractivity contribution < 1.29 is 19.1 Å². The first-order chi connectivity index (χ1) is 13.1. The molecule has 3 aromatic rings. The monoisotopic (exact) mass is 367 g/mol. The number of amides is 1. The maximum atomic E-state index is 12.2. The topological polar surface area (TPSA) is 110 Å². The number of aromatic nitrogens is 2. The Morgan fingerprint density at radius 1 is 1.00 bits per heavy atom. The number of nitrogens with one attached hydrogen (secondary N) is 2. The van der Waals surface area contributed by atoms with Crippen LogP contribution in [0.15, 0.2) is 59.4 Å². The highest BCUT2D eigenvalue weighted by molar-refractivity contribution is 6.02. The van der Waals surface area contributed by atoms with Crippen molar-refractivity contribution in [2.75, 3.05) is 19.8 Å². The van der Waals surface area contributed by atoms with E-state index in [2.05, 4.69) is 15.5 Å². The van der Waals surface area contributed by atoms with Crippen molar-refractivity contribution in [2.24, 2.45) is 0 Å². The molecule has 0 fully saturated rings. The molecule has 8 heteroatoms. The van der Waals surface area contributed by atoms with E-state index in [4.69, 9.17) is 9.47 Å². The number of aromatic amines is 1. The third-order valence-electron chi connectivity index (χ3n) is 3.66. The fourth-order valence-electron chi connectivity index (χ4n) is 2.40. The Kier molecular flexibility index (Phi) is 5.78. The molecule has 1 aromatic heterocycles. The fourth-order valence-corrected chi connectivity index (χ4v) is 2.40. The van der Waals surface area contributed by atoms with Gasteiger partial charge < -0.3 is 14.8 Å². The molecule has 138 valence electrons. The summed E-state index contributed by atoms with van der Waals surface area (Å²) in [5.41, 5.74) is -0.455. The van der Waals surface area contributed by atoms with Crippen LogP contribution in [-0.2, 0) is 9.53 Å². The molecule has 1 amide bonds. The molecular weight excluding hydrogens is 350 g/mol. The zero-order valence-electron chi connectivity index (χ0n) is 14.3. The number of ether oxygens (including phenoxy) is 2.